The Labute approximate surface area is 111 Å². The van der Waals surface area contributed by atoms with E-state index >= 15 is 0 Å². The van der Waals surface area contributed by atoms with Crippen molar-refractivity contribution < 1.29 is 9.47 Å². The van der Waals surface area contributed by atoms with Gasteiger partial charge in [0.25, 0.3) is 0 Å². The summed E-state index contributed by atoms with van der Waals surface area (Å²) in [6.07, 6.45) is 1.70. The van der Waals surface area contributed by atoms with Crippen molar-refractivity contribution in [1.82, 2.24) is 4.98 Å². The van der Waals surface area contributed by atoms with Gasteiger partial charge in [-0.3, -0.25) is 0 Å². The largest absolute Gasteiger partial charge is 0.493 e. The van der Waals surface area contributed by atoms with E-state index in [-0.39, 0.29) is 0 Å². The molecule has 6 heteroatoms. The first-order chi connectivity index (χ1) is 9.22. The van der Waals surface area contributed by atoms with E-state index in [9.17, 15) is 0 Å². The fraction of sp³-hybridized carbons (Fsp3) is 0.308. The van der Waals surface area contributed by atoms with Gasteiger partial charge in [0.2, 0.25) is 0 Å². The number of methoxy groups -OCH3 is 2. The highest BCUT2D eigenvalue weighted by atomic mass is 16.5. The summed E-state index contributed by atoms with van der Waals surface area (Å²) in [5.41, 5.74) is 12.1. The lowest BCUT2D eigenvalue weighted by molar-refractivity contribution is 0.357. The van der Waals surface area contributed by atoms with Crippen molar-refractivity contribution in [3.8, 4) is 11.5 Å². The van der Waals surface area contributed by atoms with Gasteiger partial charge >= 0.3 is 0 Å². The maximum absolute atomic E-state index is 6.12. The number of anilines is 2. The van der Waals surface area contributed by atoms with Gasteiger partial charge in [-0.15, -0.1) is 0 Å². The van der Waals surface area contributed by atoms with Crippen molar-refractivity contribution >= 4 is 22.3 Å². The second-order valence-corrected chi connectivity index (χ2v) is 4.00. The zero-order chi connectivity index (χ0) is 13.8. The van der Waals surface area contributed by atoms with Crippen molar-refractivity contribution in [2.75, 3.05) is 38.4 Å². The molecule has 0 saturated heterocycles. The quantitative estimate of drug-likeness (QED) is 0.701. The Kier molecular flexibility index (Phi) is 3.91. The molecular weight excluding hydrogens is 244 g/mol. The van der Waals surface area contributed by atoms with Crippen molar-refractivity contribution in [1.29, 1.82) is 0 Å². The van der Waals surface area contributed by atoms with E-state index in [1.807, 2.05) is 12.1 Å². The van der Waals surface area contributed by atoms with Gasteiger partial charge in [0.1, 0.15) is 5.82 Å². The molecule has 0 atom stereocenters. The standard InChI is InChI=1S/C13H18N4O2/c1-18-10-7-9-8(11(15)12(10)19-2)3-5-16-13(9)17-6-4-14/h3,5,7H,4,6,14-15H2,1-2H3,(H,16,17). The molecule has 0 saturated carbocycles. The normalized spacial score (nSPS) is 10.5. The second-order valence-electron chi connectivity index (χ2n) is 4.00. The van der Waals surface area contributed by atoms with Crippen LogP contribution in [0.1, 0.15) is 0 Å². The van der Waals surface area contributed by atoms with E-state index in [0.29, 0.717) is 30.3 Å². The number of nitrogen functional groups attached to an aromatic ring is 1. The molecule has 2 aromatic rings. The summed E-state index contributed by atoms with van der Waals surface area (Å²) in [6, 6.07) is 3.70. The number of rotatable bonds is 5. The summed E-state index contributed by atoms with van der Waals surface area (Å²) in [6.45, 7) is 1.17. The molecule has 1 aromatic heterocycles. The molecule has 19 heavy (non-hydrogen) atoms. The van der Waals surface area contributed by atoms with Gasteiger partial charge in [-0.25, -0.2) is 4.98 Å². The third-order valence-corrected chi connectivity index (χ3v) is 2.88. The number of pyridine rings is 1. The van der Waals surface area contributed by atoms with Crippen LogP contribution in [0.3, 0.4) is 0 Å². The van der Waals surface area contributed by atoms with Gasteiger partial charge in [0.05, 0.1) is 19.9 Å². The highest BCUT2D eigenvalue weighted by Crippen LogP contribution is 2.41. The van der Waals surface area contributed by atoms with Crippen LogP contribution in [-0.4, -0.2) is 32.3 Å². The lowest BCUT2D eigenvalue weighted by Gasteiger charge is -2.15. The van der Waals surface area contributed by atoms with Crippen molar-refractivity contribution in [3.63, 3.8) is 0 Å². The highest BCUT2D eigenvalue weighted by molar-refractivity contribution is 6.03. The molecule has 0 radical (unpaired) electrons. The first kappa shape index (κ1) is 13.2. The highest BCUT2D eigenvalue weighted by Gasteiger charge is 2.14. The maximum atomic E-state index is 6.12. The number of nitrogens with one attached hydrogen (secondary N) is 1. The minimum atomic E-state index is 0.529. The molecule has 0 aliphatic heterocycles. The van der Waals surface area contributed by atoms with E-state index in [0.717, 1.165) is 16.6 Å². The molecule has 2 rings (SSSR count). The number of nitrogens with zero attached hydrogens (tertiary/aromatic N) is 1. The molecule has 6 nitrogen and oxygen atoms in total. The Bertz CT molecular complexity index is 586. The zero-order valence-corrected chi connectivity index (χ0v) is 11.1. The van der Waals surface area contributed by atoms with Crippen molar-refractivity contribution in [3.05, 3.63) is 18.3 Å². The molecule has 0 fully saturated rings. The van der Waals surface area contributed by atoms with Crippen LogP contribution in [0.5, 0.6) is 11.5 Å². The third kappa shape index (κ3) is 2.34. The average molecular weight is 262 g/mol. The zero-order valence-electron chi connectivity index (χ0n) is 11.1. The molecule has 0 amide bonds. The molecule has 1 heterocycles. The lowest BCUT2D eigenvalue weighted by atomic mass is 10.1. The maximum Gasteiger partial charge on any atom is 0.184 e. The lowest BCUT2D eigenvalue weighted by Crippen LogP contribution is -2.14. The number of hydrogen-bond donors (Lipinski definition) is 3. The predicted octanol–water partition coefficient (Wildman–Crippen LogP) is 1.20. The monoisotopic (exact) mass is 262 g/mol. The SMILES string of the molecule is COc1cc2c(NCCN)nccc2c(N)c1OC. The van der Waals surface area contributed by atoms with Gasteiger partial charge in [0, 0.05) is 30.1 Å². The van der Waals surface area contributed by atoms with E-state index in [4.69, 9.17) is 20.9 Å². The van der Waals surface area contributed by atoms with E-state index in [1.165, 1.54) is 0 Å². The van der Waals surface area contributed by atoms with Crippen LogP contribution in [0.25, 0.3) is 10.8 Å². The molecule has 0 spiro atoms. The summed E-state index contributed by atoms with van der Waals surface area (Å²) in [7, 11) is 3.14. The molecule has 0 aliphatic carbocycles. The predicted molar refractivity (Wildman–Crippen MR) is 76.8 cm³/mol. The van der Waals surface area contributed by atoms with E-state index in [2.05, 4.69) is 10.3 Å². The molecule has 5 N–H and O–H groups in total. The minimum Gasteiger partial charge on any atom is -0.493 e. The topological polar surface area (TPSA) is 95.4 Å². The van der Waals surface area contributed by atoms with Crippen LogP contribution in [0.15, 0.2) is 18.3 Å². The Balaban J connectivity index is 2.65. The van der Waals surface area contributed by atoms with Gasteiger partial charge < -0.3 is 26.3 Å². The summed E-state index contributed by atoms with van der Waals surface area (Å²) < 4.78 is 10.6. The van der Waals surface area contributed by atoms with Crippen LogP contribution in [0.4, 0.5) is 11.5 Å². The Hall–Kier alpha value is -2.21. The van der Waals surface area contributed by atoms with Crippen LogP contribution in [0, 0.1) is 0 Å². The first-order valence-electron chi connectivity index (χ1n) is 5.96. The van der Waals surface area contributed by atoms with Crippen LogP contribution >= 0.6 is 0 Å². The molecular formula is C13H18N4O2. The molecule has 0 aliphatic rings. The van der Waals surface area contributed by atoms with Gasteiger partial charge in [0.15, 0.2) is 11.5 Å². The summed E-state index contributed by atoms with van der Waals surface area (Å²) in [5.74, 6) is 1.85. The Morgan fingerprint density at radius 3 is 2.68 bits per heavy atom. The molecule has 0 unspecified atom stereocenters. The summed E-state index contributed by atoms with van der Waals surface area (Å²) in [4.78, 5) is 4.30. The smallest absolute Gasteiger partial charge is 0.184 e. The van der Waals surface area contributed by atoms with Gasteiger partial charge in [-0.1, -0.05) is 0 Å². The molecule has 1 aromatic carbocycles. The van der Waals surface area contributed by atoms with Crippen LogP contribution in [-0.2, 0) is 0 Å². The van der Waals surface area contributed by atoms with Gasteiger partial charge in [-0.05, 0) is 12.1 Å². The van der Waals surface area contributed by atoms with Crippen molar-refractivity contribution in [2.45, 2.75) is 0 Å². The average Bonchev–Trinajstić information content (AvgIpc) is 2.44. The van der Waals surface area contributed by atoms with E-state index in [1.54, 1.807) is 20.4 Å². The second kappa shape index (κ2) is 5.62. The number of aromatic nitrogens is 1. The van der Waals surface area contributed by atoms with Crippen LogP contribution < -0.4 is 26.3 Å². The third-order valence-electron chi connectivity index (χ3n) is 2.88. The minimum absolute atomic E-state index is 0.529. The number of fused-ring (bicyclic) bond motifs is 1. The van der Waals surface area contributed by atoms with Crippen molar-refractivity contribution in [2.24, 2.45) is 5.73 Å². The first-order valence-corrected chi connectivity index (χ1v) is 5.96. The number of ether oxygens (including phenoxy) is 2. The Morgan fingerprint density at radius 1 is 1.26 bits per heavy atom. The fourth-order valence-electron chi connectivity index (χ4n) is 2.00. The fourth-order valence-corrected chi connectivity index (χ4v) is 2.00. The number of benzene rings is 1. The van der Waals surface area contributed by atoms with E-state index < -0.39 is 0 Å². The summed E-state index contributed by atoms with van der Waals surface area (Å²) in [5, 5.41) is 4.91. The van der Waals surface area contributed by atoms with Crippen LogP contribution in [0.2, 0.25) is 0 Å². The Morgan fingerprint density at radius 2 is 2.05 bits per heavy atom. The summed E-state index contributed by atoms with van der Waals surface area (Å²) >= 11 is 0. The van der Waals surface area contributed by atoms with Gasteiger partial charge in [-0.2, -0.15) is 0 Å². The molecule has 102 valence electrons. The molecule has 0 bridgehead atoms. The number of nitrogens with two attached hydrogens (primary N) is 2. The number of hydrogen-bond acceptors (Lipinski definition) is 6.